The molecule has 0 bridgehead atoms. The van der Waals surface area contributed by atoms with Crippen molar-refractivity contribution >= 4 is 11.7 Å². The third-order valence-corrected chi connectivity index (χ3v) is 4.74. The number of benzene rings is 1. The SMILES string of the molecule is CC[C@@H](C)NC(=O)c1cccc(-c2ccc(N3CCCCC3)nn2)c1. The topological polar surface area (TPSA) is 58.1 Å². The minimum absolute atomic E-state index is 0.0471. The fraction of sp³-hybridized carbons (Fsp3) is 0.450. The lowest BCUT2D eigenvalue weighted by atomic mass is 10.1. The van der Waals surface area contributed by atoms with Gasteiger partial charge >= 0.3 is 0 Å². The summed E-state index contributed by atoms with van der Waals surface area (Å²) in [6.45, 7) is 6.17. The van der Waals surface area contributed by atoms with Crippen LogP contribution in [0, 0.1) is 0 Å². The number of rotatable bonds is 5. The second-order valence-electron chi connectivity index (χ2n) is 6.69. The predicted molar refractivity (Wildman–Crippen MR) is 101 cm³/mol. The minimum atomic E-state index is -0.0471. The van der Waals surface area contributed by atoms with Gasteiger partial charge < -0.3 is 10.2 Å². The van der Waals surface area contributed by atoms with Gasteiger partial charge in [0.15, 0.2) is 5.82 Å². The van der Waals surface area contributed by atoms with Crippen LogP contribution in [0.15, 0.2) is 36.4 Å². The second kappa shape index (κ2) is 8.10. The minimum Gasteiger partial charge on any atom is -0.355 e. The molecule has 0 spiro atoms. The van der Waals surface area contributed by atoms with E-state index in [1.54, 1.807) is 0 Å². The maximum Gasteiger partial charge on any atom is 0.251 e. The zero-order chi connectivity index (χ0) is 17.6. The van der Waals surface area contributed by atoms with Gasteiger partial charge in [-0.15, -0.1) is 10.2 Å². The van der Waals surface area contributed by atoms with Gasteiger partial charge in [-0.1, -0.05) is 19.1 Å². The summed E-state index contributed by atoms with van der Waals surface area (Å²) < 4.78 is 0. The lowest BCUT2D eigenvalue weighted by Gasteiger charge is -2.27. The molecule has 1 aliphatic rings. The summed E-state index contributed by atoms with van der Waals surface area (Å²) in [5.74, 6) is 0.892. The molecule has 2 heterocycles. The van der Waals surface area contributed by atoms with Gasteiger partial charge in [0.1, 0.15) is 0 Å². The molecule has 1 aromatic carbocycles. The Hall–Kier alpha value is -2.43. The number of aromatic nitrogens is 2. The summed E-state index contributed by atoms with van der Waals surface area (Å²) in [6, 6.07) is 11.7. The van der Waals surface area contributed by atoms with E-state index in [0.29, 0.717) is 5.56 Å². The Morgan fingerprint density at radius 3 is 2.64 bits per heavy atom. The molecule has 1 amide bonds. The molecule has 0 aliphatic carbocycles. The van der Waals surface area contributed by atoms with Crippen LogP contribution in [-0.4, -0.2) is 35.2 Å². The van der Waals surface area contributed by atoms with E-state index in [9.17, 15) is 4.79 Å². The standard InChI is InChI=1S/C20H26N4O/c1-3-15(2)21-20(25)17-9-7-8-16(14-17)18-10-11-19(23-22-18)24-12-5-4-6-13-24/h7-11,14-15H,3-6,12-13H2,1-2H3,(H,21,25)/t15-/m1/s1. The van der Waals surface area contributed by atoms with E-state index in [-0.39, 0.29) is 11.9 Å². The highest BCUT2D eigenvalue weighted by Gasteiger charge is 2.13. The number of amides is 1. The molecule has 1 N–H and O–H groups in total. The number of nitrogens with zero attached hydrogens (tertiary/aromatic N) is 3. The van der Waals surface area contributed by atoms with Gasteiger partial charge in [0.05, 0.1) is 5.69 Å². The molecule has 25 heavy (non-hydrogen) atoms. The predicted octanol–water partition coefficient (Wildman–Crippen LogP) is 3.66. The van der Waals surface area contributed by atoms with E-state index in [4.69, 9.17) is 0 Å². The molecule has 0 unspecified atom stereocenters. The Bertz CT molecular complexity index is 708. The van der Waals surface area contributed by atoms with Crippen LogP contribution in [0.25, 0.3) is 11.3 Å². The maximum atomic E-state index is 12.3. The molecule has 2 aromatic rings. The molecule has 0 saturated carbocycles. The first-order chi connectivity index (χ1) is 12.2. The Labute approximate surface area is 149 Å². The normalized spacial score (nSPS) is 15.7. The Balaban J connectivity index is 1.75. The van der Waals surface area contributed by atoms with Crippen LogP contribution in [-0.2, 0) is 0 Å². The highest BCUT2D eigenvalue weighted by molar-refractivity contribution is 5.95. The van der Waals surface area contributed by atoms with Crippen LogP contribution in [0.2, 0.25) is 0 Å². The van der Waals surface area contributed by atoms with E-state index in [2.05, 4.69) is 27.3 Å². The van der Waals surface area contributed by atoms with Gasteiger partial charge in [0.2, 0.25) is 0 Å². The number of carbonyl (C=O) groups is 1. The Kier molecular flexibility index (Phi) is 5.64. The van der Waals surface area contributed by atoms with Crippen molar-refractivity contribution in [3.63, 3.8) is 0 Å². The monoisotopic (exact) mass is 338 g/mol. The fourth-order valence-corrected chi connectivity index (χ4v) is 3.00. The van der Waals surface area contributed by atoms with Crippen molar-refractivity contribution in [2.24, 2.45) is 0 Å². The lowest BCUT2D eigenvalue weighted by molar-refractivity contribution is 0.0939. The molecule has 1 atom stereocenters. The summed E-state index contributed by atoms with van der Waals surface area (Å²) in [5, 5.41) is 11.8. The largest absolute Gasteiger partial charge is 0.355 e. The third kappa shape index (κ3) is 4.35. The van der Waals surface area contributed by atoms with Crippen molar-refractivity contribution in [3.05, 3.63) is 42.0 Å². The molecule has 1 saturated heterocycles. The second-order valence-corrected chi connectivity index (χ2v) is 6.69. The summed E-state index contributed by atoms with van der Waals surface area (Å²) in [5.41, 5.74) is 2.35. The fourth-order valence-electron chi connectivity index (χ4n) is 3.00. The highest BCUT2D eigenvalue weighted by Crippen LogP contribution is 2.21. The van der Waals surface area contributed by atoms with E-state index in [1.807, 2.05) is 43.3 Å². The van der Waals surface area contributed by atoms with Gasteiger partial charge in [-0.3, -0.25) is 4.79 Å². The number of nitrogens with one attached hydrogen (secondary N) is 1. The summed E-state index contributed by atoms with van der Waals surface area (Å²) in [7, 11) is 0. The van der Waals surface area contributed by atoms with Crippen LogP contribution in [0.1, 0.15) is 49.9 Å². The van der Waals surface area contributed by atoms with Crippen LogP contribution in [0.4, 0.5) is 5.82 Å². The van der Waals surface area contributed by atoms with E-state index >= 15 is 0 Å². The molecular weight excluding hydrogens is 312 g/mol. The Morgan fingerprint density at radius 1 is 1.16 bits per heavy atom. The van der Waals surface area contributed by atoms with Gasteiger partial charge in [0.25, 0.3) is 5.91 Å². The van der Waals surface area contributed by atoms with Crippen molar-refractivity contribution in [1.82, 2.24) is 15.5 Å². The number of piperidine rings is 1. The smallest absolute Gasteiger partial charge is 0.251 e. The summed E-state index contributed by atoms with van der Waals surface area (Å²) in [6.07, 6.45) is 4.65. The molecule has 5 heteroatoms. The first kappa shape index (κ1) is 17.4. The van der Waals surface area contributed by atoms with Crippen LogP contribution in [0.3, 0.4) is 0 Å². The van der Waals surface area contributed by atoms with Gasteiger partial charge in [-0.05, 0) is 56.9 Å². The molecule has 0 radical (unpaired) electrons. The summed E-state index contributed by atoms with van der Waals surface area (Å²) in [4.78, 5) is 14.6. The number of hydrogen-bond donors (Lipinski definition) is 1. The molecule has 5 nitrogen and oxygen atoms in total. The molecule has 1 aliphatic heterocycles. The highest BCUT2D eigenvalue weighted by atomic mass is 16.1. The first-order valence-electron chi connectivity index (χ1n) is 9.17. The number of anilines is 1. The number of hydrogen-bond acceptors (Lipinski definition) is 4. The van der Waals surface area contributed by atoms with Gasteiger partial charge in [-0.25, -0.2) is 0 Å². The zero-order valence-corrected chi connectivity index (χ0v) is 15.0. The quantitative estimate of drug-likeness (QED) is 0.904. The lowest BCUT2D eigenvalue weighted by Crippen LogP contribution is -2.31. The van der Waals surface area contributed by atoms with E-state index in [1.165, 1.54) is 19.3 Å². The van der Waals surface area contributed by atoms with E-state index in [0.717, 1.165) is 36.6 Å². The summed E-state index contributed by atoms with van der Waals surface area (Å²) >= 11 is 0. The van der Waals surface area contributed by atoms with Gasteiger partial charge in [0, 0.05) is 30.3 Å². The van der Waals surface area contributed by atoms with Crippen molar-refractivity contribution < 1.29 is 4.79 Å². The average Bonchev–Trinajstić information content (AvgIpc) is 2.68. The van der Waals surface area contributed by atoms with Crippen molar-refractivity contribution in [1.29, 1.82) is 0 Å². The van der Waals surface area contributed by atoms with Crippen molar-refractivity contribution in [2.75, 3.05) is 18.0 Å². The molecule has 1 fully saturated rings. The van der Waals surface area contributed by atoms with Crippen molar-refractivity contribution in [2.45, 2.75) is 45.6 Å². The van der Waals surface area contributed by atoms with Crippen LogP contribution < -0.4 is 10.2 Å². The third-order valence-electron chi connectivity index (χ3n) is 4.74. The van der Waals surface area contributed by atoms with Crippen LogP contribution in [0.5, 0.6) is 0 Å². The zero-order valence-electron chi connectivity index (χ0n) is 15.0. The van der Waals surface area contributed by atoms with Crippen molar-refractivity contribution in [3.8, 4) is 11.3 Å². The molecule has 3 rings (SSSR count). The van der Waals surface area contributed by atoms with Crippen LogP contribution >= 0.6 is 0 Å². The molecular formula is C20H26N4O. The maximum absolute atomic E-state index is 12.3. The Morgan fingerprint density at radius 2 is 1.96 bits per heavy atom. The average molecular weight is 338 g/mol. The molecule has 1 aromatic heterocycles. The number of carbonyl (C=O) groups excluding carboxylic acids is 1. The van der Waals surface area contributed by atoms with Gasteiger partial charge in [-0.2, -0.15) is 0 Å². The first-order valence-corrected chi connectivity index (χ1v) is 9.17. The molecule has 132 valence electrons. The van der Waals surface area contributed by atoms with E-state index < -0.39 is 0 Å².